The van der Waals surface area contributed by atoms with Crippen LogP contribution < -0.4 is 0 Å². The van der Waals surface area contributed by atoms with Gasteiger partial charge in [-0.2, -0.15) is 10.2 Å². The van der Waals surface area contributed by atoms with Gasteiger partial charge in [-0.25, -0.2) is 16.8 Å². The van der Waals surface area contributed by atoms with Crippen LogP contribution in [-0.2, 0) is 24.5 Å². The Hall–Kier alpha value is -1.49. The van der Waals surface area contributed by atoms with Crippen molar-refractivity contribution in [2.45, 2.75) is 52.6 Å². The van der Waals surface area contributed by atoms with Gasteiger partial charge in [0.15, 0.2) is 25.5 Å². The van der Waals surface area contributed by atoms with E-state index >= 15 is 0 Å². The molecule has 2 fully saturated rings. The van der Waals surface area contributed by atoms with Gasteiger partial charge < -0.3 is 0 Å². The quantitative estimate of drug-likeness (QED) is 0.399. The Balaban J connectivity index is 2.10. The molecule has 0 aromatic heterocycles. The molecule has 2 saturated heterocycles. The standard InChI is InChI=1S/C17H30N4O5S2/c1-13(2)18-20(15-5-7-27(23,24)11-15)9-17(22)10-21(19-14(3)4)16-6-8-28(25,26)12-16/h15-16H,5-12H2,1-4H3/t15-,16-/m0/s1. The molecule has 0 N–H and O–H groups in total. The third-order valence-corrected chi connectivity index (χ3v) is 8.09. The molecule has 0 aromatic carbocycles. The normalized spacial score (nSPS) is 25.1. The zero-order valence-corrected chi connectivity index (χ0v) is 18.6. The number of Topliss-reactive ketones (excluding diaryl/α,β-unsaturated/α-hetero) is 1. The molecular formula is C17H30N4O5S2. The number of sulfone groups is 2. The van der Waals surface area contributed by atoms with Crippen LogP contribution in [0.1, 0.15) is 40.5 Å². The zero-order chi connectivity index (χ0) is 21.1. The number of hydrogen-bond acceptors (Lipinski definition) is 9. The second-order valence-corrected chi connectivity index (χ2v) is 12.4. The van der Waals surface area contributed by atoms with Crippen LogP contribution in [-0.4, -0.2) is 92.2 Å². The first kappa shape index (κ1) is 22.8. The highest BCUT2D eigenvalue weighted by molar-refractivity contribution is 7.91. The molecule has 2 aliphatic rings. The Labute approximate surface area is 167 Å². The summed E-state index contributed by atoms with van der Waals surface area (Å²) in [4.78, 5) is 12.7. The monoisotopic (exact) mass is 434 g/mol. The number of hydrazone groups is 2. The van der Waals surface area contributed by atoms with E-state index in [0.29, 0.717) is 12.8 Å². The minimum atomic E-state index is -3.10. The summed E-state index contributed by atoms with van der Waals surface area (Å²) >= 11 is 0. The fourth-order valence-corrected chi connectivity index (χ4v) is 6.88. The Morgan fingerprint density at radius 2 is 1.14 bits per heavy atom. The van der Waals surface area contributed by atoms with Crippen LogP contribution in [0.15, 0.2) is 10.2 Å². The van der Waals surface area contributed by atoms with E-state index in [-0.39, 0.29) is 54.0 Å². The Morgan fingerprint density at radius 3 is 1.39 bits per heavy atom. The molecular weight excluding hydrogens is 404 g/mol. The van der Waals surface area contributed by atoms with Crippen molar-refractivity contribution in [3.05, 3.63) is 0 Å². The summed E-state index contributed by atoms with van der Waals surface area (Å²) in [6, 6.07) is -0.638. The van der Waals surface area contributed by atoms with Crippen LogP contribution in [0.5, 0.6) is 0 Å². The van der Waals surface area contributed by atoms with Gasteiger partial charge in [-0.15, -0.1) is 0 Å². The second-order valence-electron chi connectivity index (χ2n) is 7.94. The zero-order valence-electron chi connectivity index (χ0n) is 17.0. The topological polar surface area (TPSA) is 117 Å². The van der Waals surface area contributed by atoms with E-state index in [4.69, 9.17) is 0 Å². The molecule has 0 bridgehead atoms. The second kappa shape index (κ2) is 8.89. The Morgan fingerprint density at radius 1 is 0.786 bits per heavy atom. The first-order valence-electron chi connectivity index (χ1n) is 9.36. The highest BCUT2D eigenvalue weighted by atomic mass is 32.2. The van der Waals surface area contributed by atoms with Crippen LogP contribution in [0.2, 0.25) is 0 Å². The van der Waals surface area contributed by atoms with Gasteiger partial charge in [0.05, 0.1) is 48.2 Å². The molecule has 2 atom stereocenters. The number of nitrogens with zero attached hydrogens (tertiary/aromatic N) is 4. The van der Waals surface area contributed by atoms with Crippen LogP contribution in [0.3, 0.4) is 0 Å². The molecule has 0 amide bonds. The fraction of sp³-hybridized carbons (Fsp3) is 0.824. The van der Waals surface area contributed by atoms with E-state index in [0.717, 1.165) is 11.4 Å². The van der Waals surface area contributed by atoms with E-state index in [1.807, 2.05) is 0 Å². The summed E-state index contributed by atoms with van der Waals surface area (Å²) < 4.78 is 47.2. The van der Waals surface area contributed by atoms with Crippen molar-refractivity contribution in [3.63, 3.8) is 0 Å². The molecule has 0 aliphatic carbocycles. The van der Waals surface area contributed by atoms with E-state index in [9.17, 15) is 21.6 Å². The Bertz CT molecular complexity index is 786. The maximum absolute atomic E-state index is 12.7. The molecule has 2 heterocycles. The lowest BCUT2D eigenvalue weighted by atomic mass is 10.2. The average Bonchev–Trinajstić information content (AvgIpc) is 3.07. The lowest BCUT2D eigenvalue weighted by Gasteiger charge is -2.28. The van der Waals surface area contributed by atoms with Gasteiger partial charge in [-0.05, 0) is 40.5 Å². The number of rotatable bonds is 8. The summed E-state index contributed by atoms with van der Waals surface area (Å²) in [5, 5.41) is 11.9. The average molecular weight is 435 g/mol. The maximum atomic E-state index is 12.7. The number of carbonyl (C=O) groups is 1. The van der Waals surface area contributed by atoms with Gasteiger partial charge >= 0.3 is 0 Å². The molecule has 160 valence electrons. The van der Waals surface area contributed by atoms with Crippen molar-refractivity contribution >= 4 is 36.9 Å². The van der Waals surface area contributed by atoms with Crippen LogP contribution in [0, 0.1) is 0 Å². The summed E-state index contributed by atoms with van der Waals surface area (Å²) in [6.45, 7) is 7.12. The summed E-state index contributed by atoms with van der Waals surface area (Å²) in [5.41, 5.74) is 1.47. The van der Waals surface area contributed by atoms with Crippen molar-refractivity contribution < 1.29 is 21.6 Å². The third-order valence-electron chi connectivity index (χ3n) is 4.59. The van der Waals surface area contributed by atoms with E-state index in [1.165, 1.54) is 0 Å². The molecule has 2 rings (SSSR count). The highest BCUT2D eigenvalue weighted by Crippen LogP contribution is 2.20. The van der Waals surface area contributed by atoms with Gasteiger partial charge in [-0.3, -0.25) is 14.8 Å². The summed E-state index contributed by atoms with van der Waals surface area (Å²) in [5.74, 6) is 0.0170. The minimum absolute atomic E-state index is 0.00609. The predicted octanol–water partition coefficient (Wildman–Crippen LogP) is 0.325. The fourth-order valence-electron chi connectivity index (χ4n) is 3.44. The molecule has 9 nitrogen and oxygen atoms in total. The predicted molar refractivity (Wildman–Crippen MR) is 110 cm³/mol. The van der Waals surface area contributed by atoms with Crippen LogP contribution >= 0.6 is 0 Å². The first-order valence-corrected chi connectivity index (χ1v) is 13.0. The van der Waals surface area contributed by atoms with E-state index in [1.54, 1.807) is 37.7 Å². The molecule has 2 aliphatic heterocycles. The molecule has 0 aromatic rings. The number of hydrogen-bond donors (Lipinski definition) is 0. The maximum Gasteiger partial charge on any atom is 0.174 e. The van der Waals surface area contributed by atoms with Crippen molar-refractivity contribution in [2.75, 3.05) is 36.1 Å². The van der Waals surface area contributed by atoms with Crippen molar-refractivity contribution in [3.8, 4) is 0 Å². The number of carbonyl (C=O) groups excluding carboxylic acids is 1. The van der Waals surface area contributed by atoms with E-state index in [2.05, 4.69) is 10.2 Å². The van der Waals surface area contributed by atoms with Crippen molar-refractivity contribution in [2.24, 2.45) is 10.2 Å². The lowest BCUT2D eigenvalue weighted by molar-refractivity contribution is -0.122. The summed E-state index contributed by atoms with van der Waals surface area (Å²) in [7, 11) is -6.20. The molecule has 0 spiro atoms. The summed E-state index contributed by atoms with van der Waals surface area (Å²) in [6.07, 6.45) is 0.895. The molecule has 0 saturated carbocycles. The van der Waals surface area contributed by atoms with Crippen LogP contribution in [0.4, 0.5) is 0 Å². The SMILES string of the molecule is CC(C)=NN(CC(=O)CN(N=C(C)C)[C@H]1CCS(=O)(=O)C1)[C@H]1CCS(=O)(=O)C1. The smallest absolute Gasteiger partial charge is 0.174 e. The lowest BCUT2D eigenvalue weighted by Crippen LogP contribution is -2.42. The Kier molecular flexibility index (Phi) is 7.24. The number of ketones is 1. The third kappa shape index (κ3) is 6.84. The van der Waals surface area contributed by atoms with Gasteiger partial charge in [0.25, 0.3) is 0 Å². The minimum Gasteiger partial charge on any atom is -0.296 e. The van der Waals surface area contributed by atoms with Crippen LogP contribution in [0.25, 0.3) is 0 Å². The molecule has 0 unspecified atom stereocenters. The van der Waals surface area contributed by atoms with E-state index < -0.39 is 19.7 Å². The van der Waals surface area contributed by atoms with Gasteiger partial charge in [0.1, 0.15) is 0 Å². The molecule has 11 heteroatoms. The molecule has 28 heavy (non-hydrogen) atoms. The van der Waals surface area contributed by atoms with Gasteiger partial charge in [0.2, 0.25) is 0 Å². The largest absolute Gasteiger partial charge is 0.296 e. The van der Waals surface area contributed by atoms with Crippen molar-refractivity contribution in [1.82, 2.24) is 10.0 Å². The molecule has 0 radical (unpaired) electrons. The highest BCUT2D eigenvalue weighted by Gasteiger charge is 2.35. The van der Waals surface area contributed by atoms with Gasteiger partial charge in [-0.1, -0.05) is 0 Å². The first-order chi connectivity index (χ1) is 12.9. The van der Waals surface area contributed by atoms with Crippen molar-refractivity contribution in [1.29, 1.82) is 0 Å². The van der Waals surface area contributed by atoms with Gasteiger partial charge in [0, 0.05) is 11.4 Å².